The van der Waals surface area contributed by atoms with Crippen LogP contribution in [0.2, 0.25) is 10.0 Å². The van der Waals surface area contributed by atoms with Crippen LogP contribution in [0.3, 0.4) is 0 Å². The third-order valence-corrected chi connectivity index (χ3v) is 6.86. The van der Waals surface area contributed by atoms with Crippen LogP contribution in [-0.2, 0) is 6.18 Å². The number of carbonyl (C=O) groups excluding carboxylic acids is 1. The van der Waals surface area contributed by atoms with Gasteiger partial charge >= 0.3 is 6.18 Å². The predicted molar refractivity (Wildman–Crippen MR) is 127 cm³/mol. The molecule has 0 bridgehead atoms. The molecular weight excluding hydrogens is 516 g/mol. The molecule has 1 aliphatic rings. The quantitative estimate of drug-likeness (QED) is 0.401. The second kappa shape index (κ2) is 10.3. The molecule has 1 saturated heterocycles. The van der Waals surface area contributed by atoms with Crippen molar-refractivity contribution in [1.82, 2.24) is 14.9 Å². The minimum absolute atomic E-state index is 0.0458. The summed E-state index contributed by atoms with van der Waals surface area (Å²) in [5.41, 5.74) is 0.509. The van der Waals surface area contributed by atoms with E-state index in [2.05, 4.69) is 9.97 Å². The summed E-state index contributed by atoms with van der Waals surface area (Å²) >= 11 is 12.3. The zero-order chi connectivity index (χ0) is 26.0. The van der Waals surface area contributed by atoms with Crippen molar-refractivity contribution in [2.75, 3.05) is 13.1 Å². The van der Waals surface area contributed by atoms with Crippen molar-refractivity contribution in [3.05, 3.63) is 87.3 Å². The molecule has 6 nitrogen and oxygen atoms in total. The van der Waals surface area contributed by atoms with Crippen molar-refractivity contribution >= 4 is 29.1 Å². The van der Waals surface area contributed by atoms with Crippen LogP contribution in [0.4, 0.5) is 13.2 Å². The Bertz CT molecular complexity index is 1290. The largest absolute Gasteiger partial charge is 0.474 e. The second-order valence-electron chi connectivity index (χ2n) is 8.40. The second-order valence-corrected chi connectivity index (χ2v) is 9.22. The third-order valence-electron chi connectivity index (χ3n) is 6.12. The Kier molecular flexibility index (Phi) is 7.38. The highest BCUT2D eigenvalue weighted by molar-refractivity contribution is 6.42. The number of pyridine rings is 2. The number of carbonyl (C=O) groups is 1. The lowest BCUT2D eigenvalue weighted by Crippen LogP contribution is -2.32. The summed E-state index contributed by atoms with van der Waals surface area (Å²) in [5.74, 6) is -0.648. The molecule has 2 aromatic heterocycles. The smallest absolute Gasteiger partial charge is 0.417 e. The maximum absolute atomic E-state index is 13.2. The topological polar surface area (TPSA) is 79.1 Å². The predicted octanol–water partition coefficient (Wildman–Crippen LogP) is 6.00. The van der Waals surface area contributed by atoms with Gasteiger partial charge in [-0.25, -0.2) is 9.97 Å². The van der Waals surface area contributed by atoms with Crippen molar-refractivity contribution in [3.8, 4) is 11.9 Å². The Morgan fingerprint density at radius 2 is 1.89 bits per heavy atom. The Balaban J connectivity index is 1.59. The highest BCUT2D eigenvalue weighted by atomic mass is 35.5. The van der Waals surface area contributed by atoms with Gasteiger partial charge in [-0.2, -0.15) is 18.4 Å². The fraction of sp³-hybridized carbons (Fsp3) is 0.280. The van der Waals surface area contributed by atoms with Crippen molar-refractivity contribution in [2.45, 2.75) is 25.1 Å². The molecule has 1 fully saturated rings. The van der Waals surface area contributed by atoms with Gasteiger partial charge in [0.25, 0.3) is 5.91 Å². The first-order valence-electron chi connectivity index (χ1n) is 10.9. The van der Waals surface area contributed by atoms with E-state index in [0.29, 0.717) is 28.7 Å². The molecular formula is C25H19Cl2F3N4O2. The zero-order valence-corrected chi connectivity index (χ0v) is 20.3. The number of benzene rings is 1. The van der Waals surface area contributed by atoms with Gasteiger partial charge in [0, 0.05) is 43.4 Å². The molecule has 0 spiro atoms. The van der Waals surface area contributed by atoms with E-state index < -0.39 is 17.8 Å². The maximum atomic E-state index is 13.2. The lowest BCUT2D eigenvalue weighted by molar-refractivity contribution is -0.137. The van der Waals surface area contributed by atoms with E-state index in [4.69, 9.17) is 33.2 Å². The van der Waals surface area contributed by atoms with Crippen LogP contribution >= 0.6 is 23.2 Å². The van der Waals surface area contributed by atoms with Crippen LogP contribution in [0, 0.1) is 17.2 Å². The van der Waals surface area contributed by atoms with Crippen LogP contribution in [0.15, 0.2) is 54.9 Å². The first kappa shape index (κ1) is 25.7. The molecule has 4 rings (SSSR count). The lowest BCUT2D eigenvalue weighted by atomic mass is 9.86. The third kappa shape index (κ3) is 5.55. The number of hydrogen-bond donors (Lipinski definition) is 0. The summed E-state index contributed by atoms with van der Waals surface area (Å²) in [7, 11) is 0. The number of amides is 1. The average Bonchev–Trinajstić information content (AvgIpc) is 3.31. The summed E-state index contributed by atoms with van der Waals surface area (Å²) in [6, 6.07) is 12.3. The molecule has 0 radical (unpaired) electrons. The summed E-state index contributed by atoms with van der Waals surface area (Å²) in [6.07, 6.45) is -2.93. The summed E-state index contributed by atoms with van der Waals surface area (Å²) in [4.78, 5) is 22.6. The highest BCUT2D eigenvalue weighted by Crippen LogP contribution is 2.39. The number of aromatic nitrogens is 2. The molecule has 1 amide bonds. The van der Waals surface area contributed by atoms with Gasteiger partial charge in [-0.3, -0.25) is 4.79 Å². The van der Waals surface area contributed by atoms with Crippen LogP contribution in [0.1, 0.15) is 40.0 Å². The van der Waals surface area contributed by atoms with Crippen molar-refractivity contribution < 1.29 is 22.7 Å². The Labute approximate surface area is 215 Å². The number of nitriles is 1. The molecule has 1 aliphatic heterocycles. The minimum Gasteiger partial charge on any atom is -0.474 e. The van der Waals surface area contributed by atoms with E-state index in [1.807, 2.05) is 12.1 Å². The normalized spacial score (nSPS) is 18.5. The average molecular weight is 535 g/mol. The molecule has 3 aromatic rings. The molecule has 1 aromatic carbocycles. The first-order valence-corrected chi connectivity index (χ1v) is 11.6. The fourth-order valence-electron chi connectivity index (χ4n) is 4.23. The molecule has 0 saturated carbocycles. The first-order chi connectivity index (χ1) is 17.1. The summed E-state index contributed by atoms with van der Waals surface area (Å²) < 4.78 is 44.5. The zero-order valence-electron chi connectivity index (χ0n) is 18.8. The SMILES string of the molecule is C[C@H](Oc1ccc(C(F)(F)F)cn1)[C@H]1CN(C(=O)c2ccc(C#N)nc2)C[C@@H]1c1ccc(Cl)c(Cl)c1. The lowest BCUT2D eigenvalue weighted by Gasteiger charge is -2.25. The van der Waals surface area contributed by atoms with E-state index in [9.17, 15) is 18.0 Å². The summed E-state index contributed by atoms with van der Waals surface area (Å²) in [5, 5.41) is 9.71. The molecule has 3 heterocycles. The molecule has 11 heteroatoms. The van der Waals surface area contributed by atoms with Crippen LogP contribution in [0.25, 0.3) is 0 Å². The van der Waals surface area contributed by atoms with Gasteiger partial charge in [0.2, 0.25) is 5.88 Å². The van der Waals surface area contributed by atoms with Gasteiger partial charge in [-0.1, -0.05) is 29.3 Å². The van der Waals surface area contributed by atoms with E-state index in [1.165, 1.54) is 18.3 Å². The Morgan fingerprint density at radius 1 is 1.11 bits per heavy atom. The molecule has 36 heavy (non-hydrogen) atoms. The van der Waals surface area contributed by atoms with Crippen LogP contribution in [0.5, 0.6) is 5.88 Å². The molecule has 0 aliphatic carbocycles. The number of likely N-dealkylation sites (tertiary alicyclic amines) is 1. The number of hydrogen-bond acceptors (Lipinski definition) is 5. The van der Waals surface area contributed by atoms with Crippen molar-refractivity contribution in [2.24, 2.45) is 5.92 Å². The number of nitrogens with zero attached hydrogens (tertiary/aromatic N) is 4. The van der Waals surface area contributed by atoms with Gasteiger partial charge in [-0.15, -0.1) is 0 Å². The van der Waals surface area contributed by atoms with E-state index in [-0.39, 0.29) is 29.3 Å². The van der Waals surface area contributed by atoms with Gasteiger partial charge in [-0.05, 0) is 42.8 Å². The minimum atomic E-state index is -4.50. The van der Waals surface area contributed by atoms with E-state index >= 15 is 0 Å². The van der Waals surface area contributed by atoms with Gasteiger partial charge < -0.3 is 9.64 Å². The molecule has 0 N–H and O–H groups in total. The standard InChI is InChI=1S/C25H19Cl2F3N4O2/c1-14(36-23-7-4-17(11-33-23)25(28,29)30)19-12-34(24(35)16-2-5-18(9-31)32-10-16)13-20(19)15-3-6-21(26)22(27)8-15/h2-8,10-11,14,19-20H,12-13H2,1H3/t14-,19+,20+/m0/s1. The number of halogens is 5. The van der Waals surface area contributed by atoms with E-state index in [1.54, 1.807) is 30.0 Å². The Morgan fingerprint density at radius 3 is 2.47 bits per heavy atom. The van der Waals surface area contributed by atoms with Crippen molar-refractivity contribution in [3.63, 3.8) is 0 Å². The maximum Gasteiger partial charge on any atom is 0.417 e. The Hall–Kier alpha value is -3.35. The van der Waals surface area contributed by atoms with Gasteiger partial charge in [0.15, 0.2) is 0 Å². The van der Waals surface area contributed by atoms with Crippen molar-refractivity contribution in [1.29, 1.82) is 5.26 Å². The number of alkyl halides is 3. The van der Waals surface area contributed by atoms with Gasteiger partial charge in [0.05, 0.1) is 21.2 Å². The molecule has 0 unspecified atom stereocenters. The highest BCUT2D eigenvalue weighted by Gasteiger charge is 2.41. The summed E-state index contributed by atoms with van der Waals surface area (Å²) in [6.45, 7) is 2.44. The molecule has 186 valence electrons. The van der Waals surface area contributed by atoms with E-state index in [0.717, 1.165) is 17.8 Å². The van der Waals surface area contributed by atoms with Crippen LogP contribution < -0.4 is 4.74 Å². The van der Waals surface area contributed by atoms with Crippen LogP contribution in [-0.4, -0.2) is 40.0 Å². The van der Waals surface area contributed by atoms with Gasteiger partial charge in [0.1, 0.15) is 17.9 Å². The molecule has 3 atom stereocenters. The monoisotopic (exact) mass is 534 g/mol. The number of ether oxygens (including phenoxy) is 1. The fourth-order valence-corrected chi connectivity index (χ4v) is 4.54. The number of rotatable bonds is 5.